The molecule has 0 spiro atoms. The molecule has 1 saturated heterocycles. The van der Waals surface area contributed by atoms with Gasteiger partial charge in [-0.05, 0) is 37.5 Å². The molecule has 4 unspecified atom stereocenters. The van der Waals surface area contributed by atoms with Crippen molar-refractivity contribution in [3.63, 3.8) is 0 Å². The Bertz CT molecular complexity index is 153. The van der Waals surface area contributed by atoms with Crippen molar-refractivity contribution < 1.29 is 0 Å². The van der Waals surface area contributed by atoms with E-state index in [0.717, 1.165) is 23.8 Å². The Hall–Kier alpha value is -0.0400. The van der Waals surface area contributed by atoms with Crippen LogP contribution in [0.3, 0.4) is 0 Å². The zero-order chi connectivity index (χ0) is 10.0. The van der Waals surface area contributed by atoms with Gasteiger partial charge in [-0.25, -0.2) is 0 Å². The molecule has 0 aromatic carbocycles. The first-order valence-corrected chi connectivity index (χ1v) is 5.78. The lowest BCUT2D eigenvalue weighted by molar-refractivity contribution is 0.369. The lowest BCUT2D eigenvalue weighted by atomic mass is 9.88. The van der Waals surface area contributed by atoms with E-state index in [4.69, 9.17) is 0 Å². The van der Waals surface area contributed by atoms with Crippen LogP contribution < -0.4 is 5.32 Å². The van der Waals surface area contributed by atoms with Gasteiger partial charge in [-0.2, -0.15) is 0 Å². The predicted octanol–water partition coefficient (Wildman–Crippen LogP) is 3.06. The lowest BCUT2D eigenvalue weighted by Gasteiger charge is -2.18. The third kappa shape index (κ3) is 2.70. The maximum absolute atomic E-state index is 3.71. The SMILES string of the molecule is CC(C)CCC1NC(C)C(C)C1C. The Morgan fingerprint density at radius 1 is 1.08 bits per heavy atom. The maximum atomic E-state index is 3.71. The Balaban J connectivity index is 2.35. The second-order valence-electron chi connectivity index (χ2n) is 5.25. The van der Waals surface area contributed by atoms with Crippen LogP contribution in [-0.4, -0.2) is 12.1 Å². The summed E-state index contributed by atoms with van der Waals surface area (Å²) in [6.07, 6.45) is 2.72. The van der Waals surface area contributed by atoms with Gasteiger partial charge in [0.05, 0.1) is 0 Å². The van der Waals surface area contributed by atoms with E-state index in [1.54, 1.807) is 0 Å². The van der Waals surface area contributed by atoms with E-state index >= 15 is 0 Å². The van der Waals surface area contributed by atoms with Crippen LogP contribution in [0.5, 0.6) is 0 Å². The third-order valence-electron chi connectivity index (χ3n) is 3.78. The molecule has 1 nitrogen and oxygen atoms in total. The summed E-state index contributed by atoms with van der Waals surface area (Å²) in [4.78, 5) is 0. The molecule has 0 amide bonds. The van der Waals surface area contributed by atoms with Gasteiger partial charge in [0.2, 0.25) is 0 Å². The molecule has 1 aliphatic heterocycles. The quantitative estimate of drug-likeness (QED) is 0.709. The van der Waals surface area contributed by atoms with Crippen molar-refractivity contribution in [2.24, 2.45) is 17.8 Å². The molecule has 1 rings (SSSR count). The summed E-state index contributed by atoms with van der Waals surface area (Å²) in [7, 11) is 0. The fourth-order valence-electron chi connectivity index (χ4n) is 2.32. The molecule has 13 heavy (non-hydrogen) atoms. The van der Waals surface area contributed by atoms with E-state index in [0.29, 0.717) is 6.04 Å². The first-order valence-electron chi connectivity index (χ1n) is 5.78. The number of hydrogen-bond donors (Lipinski definition) is 1. The first-order chi connectivity index (χ1) is 6.02. The Kier molecular flexibility index (Phi) is 3.78. The summed E-state index contributed by atoms with van der Waals surface area (Å²) in [5, 5.41) is 3.71. The largest absolute Gasteiger partial charge is 0.311 e. The molecule has 0 bridgehead atoms. The molecule has 1 heteroatoms. The molecule has 0 aromatic rings. The average molecular weight is 183 g/mol. The normalized spacial score (nSPS) is 40.2. The second-order valence-corrected chi connectivity index (χ2v) is 5.25. The highest BCUT2D eigenvalue weighted by atomic mass is 15.0. The minimum atomic E-state index is 0.715. The van der Waals surface area contributed by atoms with Crippen LogP contribution in [0.25, 0.3) is 0 Å². The molecule has 78 valence electrons. The van der Waals surface area contributed by atoms with Crippen LogP contribution in [-0.2, 0) is 0 Å². The minimum absolute atomic E-state index is 0.715. The molecular weight excluding hydrogens is 158 g/mol. The number of hydrogen-bond acceptors (Lipinski definition) is 1. The Morgan fingerprint density at radius 2 is 1.69 bits per heavy atom. The highest BCUT2D eigenvalue weighted by molar-refractivity contribution is 4.91. The fourth-order valence-corrected chi connectivity index (χ4v) is 2.32. The fraction of sp³-hybridized carbons (Fsp3) is 1.00. The minimum Gasteiger partial charge on any atom is -0.311 e. The van der Waals surface area contributed by atoms with Gasteiger partial charge in [0.1, 0.15) is 0 Å². The summed E-state index contributed by atoms with van der Waals surface area (Å²) >= 11 is 0. The Labute approximate surface area is 83.3 Å². The standard InChI is InChI=1S/C12H25N/c1-8(2)6-7-12-10(4)9(3)11(5)13-12/h8-13H,6-7H2,1-5H3. The van der Waals surface area contributed by atoms with Gasteiger partial charge in [0, 0.05) is 12.1 Å². The number of nitrogens with one attached hydrogen (secondary N) is 1. The van der Waals surface area contributed by atoms with Crippen molar-refractivity contribution in [3.05, 3.63) is 0 Å². The van der Waals surface area contributed by atoms with E-state index in [1.807, 2.05) is 0 Å². The van der Waals surface area contributed by atoms with E-state index < -0.39 is 0 Å². The van der Waals surface area contributed by atoms with Crippen LogP contribution in [0.15, 0.2) is 0 Å². The molecule has 1 heterocycles. The van der Waals surface area contributed by atoms with Gasteiger partial charge in [0.15, 0.2) is 0 Å². The average Bonchev–Trinajstić information content (AvgIpc) is 2.29. The molecule has 0 saturated carbocycles. The zero-order valence-corrected chi connectivity index (χ0v) is 9.80. The highest BCUT2D eigenvalue weighted by Gasteiger charge is 2.33. The summed E-state index contributed by atoms with van der Waals surface area (Å²) in [5.41, 5.74) is 0. The molecule has 4 atom stereocenters. The van der Waals surface area contributed by atoms with Crippen LogP contribution in [0.4, 0.5) is 0 Å². The van der Waals surface area contributed by atoms with Gasteiger partial charge in [0.25, 0.3) is 0 Å². The van der Waals surface area contributed by atoms with Crippen molar-refractivity contribution in [1.82, 2.24) is 5.32 Å². The monoisotopic (exact) mass is 183 g/mol. The topological polar surface area (TPSA) is 12.0 Å². The molecule has 0 aromatic heterocycles. The summed E-state index contributed by atoms with van der Waals surface area (Å²) in [5.74, 6) is 2.55. The van der Waals surface area contributed by atoms with Crippen molar-refractivity contribution in [2.75, 3.05) is 0 Å². The summed E-state index contributed by atoms with van der Waals surface area (Å²) in [6, 6.07) is 1.49. The summed E-state index contributed by atoms with van der Waals surface area (Å²) in [6.45, 7) is 11.7. The van der Waals surface area contributed by atoms with Crippen LogP contribution in [0.1, 0.15) is 47.5 Å². The van der Waals surface area contributed by atoms with Gasteiger partial charge in [-0.15, -0.1) is 0 Å². The first kappa shape index (κ1) is 11.0. The molecular formula is C12H25N. The second kappa shape index (κ2) is 4.45. The Morgan fingerprint density at radius 3 is 2.08 bits per heavy atom. The molecule has 1 aliphatic rings. The maximum Gasteiger partial charge on any atom is 0.00985 e. The molecule has 1 fully saturated rings. The molecule has 0 radical (unpaired) electrons. The van der Waals surface area contributed by atoms with Gasteiger partial charge >= 0.3 is 0 Å². The van der Waals surface area contributed by atoms with Crippen molar-refractivity contribution in [3.8, 4) is 0 Å². The van der Waals surface area contributed by atoms with Crippen LogP contribution in [0.2, 0.25) is 0 Å². The molecule has 0 aliphatic carbocycles. The van der Waals surface area contributed by atoms with Gasteiger partial charge in [-0.3, -0.25) is 0 Å². The smallest absolute Gasteiger partial charge is 0.00985 e. The lowest BCUT2D eigenvalue weighted by Crippen LogP contribution is -2.29. The van der Waals surface area contributed by atoms with E-state index in [9.17, 15) is 0 Å². The highest BCUT2D eigenvalue weighted by Crippen LogP contribution is 2.29. The van der Waals surface area contributed by atoms with Gasteiger partial charge in [-0.1, -0.05) is 27.7 Å². The number of rotatable bonds is 3. The summed E-state index contributed by atoms with van der Waals surface area (Å²) < 4.78 is 0. The van der Waals surface area contributed by atoms with Crippen molar-refractivity contribution in [1.29, 1.82) is 0 Å². The molecule has 1 N–H and O–H groups in total. The third-order valence-corrected chi connectivity index (χ3v) is 3.78. The zero-order valence-electron chi connectivity index (χ0n) is 9.80. The van der Waals surface area contributed by atoms with Crippen LogP contribution in [0, 0.1) is 17.8 Å². The van der Waals surface area contributed by atoms with Crippen molar-refractivity contribution in [2.45, 2.75) is 59.5 Å². The van der Waals surface area contributed by atoms with E-state index in [2.05, 4.69) is 39.9 Å². The van der Waals surface area contributed by atoms with E-state index in [1.165, 1.54) is 12.8 Å². The predicted molar refractivity (Wildman–Crippen MR) is 58.8 cm³/mol. The van der Waals surface area contributed by atoms with E-state index in [-0.39, 0.29) is 0 Å². The van der Waals surface area contributed by atoms with Crippen LogP contribution >= 0.6 is 0 Å². The van der Waals surface area contributed by atoms with Gasteiger partial charge < -0.3 is 5.32 Å². The van der Waals surface area contributed by atoms with Crippen molar-refractivity contribution >= 4 is 0 Å².